The van der Waals surface area contributed by atoms with Crippen molar-refractivity contribution in [1.29, 1.82) is 0 Å². The summed E-state index contributed by atoms with van der Waals surface area (Å²) in [5, 5.41) is 2.35. The highest BCUT2D eigenvalue weighted by atomic mass is 16.5. The average Bonchev–Trinajstić information content (AvgIpc) is 3.88. The molecule has 1 aliphatic heterocycles. The Hall–Kier alpha value is -6.59. The van der Waals surface area contributed by atoms with Crippen LogP contribution in [0.25, 0.3) is 33.3 Å². The lowest BCUT2D eigenvalue weighted by Gasteiger charge is -2.31. The first-order valence-electron chi connectivity index (χ1n) is 23.8. The van der Waals surface area contributed by atoms with Crippen LogP contribution in [0.1, 0.15) is 134 Å². The summed E-state index contributed by atoms with van der Waals surface area (Å²) in [5.41, 5.74) is 14.4. The Morgan fingerprint density at radius 2 is 1.15 bits per heavy atom. The van der Waals surface area contributed by atoms with Gasteiger partial charge in [0, 0.05) is 57.7 Å². The molecular weight excluding hydrogens is 805 g/mol. The quantitative estimate of drug-likeness (QED) is 0.137. The van der Waals surface area contributed by atoms with Crippen LogP contribution in [0.2, 0.25) is 0 Å². The van der Waals surface area contributed by atoms with Gasteiger partial charge in [0.2, 0.25) is 0 Å². The molecule has 5 heteroatoms. The van der Waals surface area contributed by atoms with E-state index in [1.54, 1.807) is 0 Å². The van der Waals surface area contributed by atoms with Gasteiger partial charge < -0.3 is 14.5 Å². The number of nitrogens with zero attached hydrogens (tertiary/aromatic N) is 4. The van der Waals surface area contributed by atoms with Crippen molar-refractivity contribution in [1.82, 2.24) is 9.55 Å². The van der Waals surface area contributed by atoms with Crippen LogP contribution in [0, 0.1) is 0 Å². The van der Waals surface area contributed by atoms with E-state index in [-0.39, 0.29) is 16.2 Å². The monoisotopic (exact) mass is 871 g/mol. The summed E-state index contributed by atoms with van der Waals surface area (Å²) in [4.78, 5) is 9.87. The number of fused-ring (bicyclic) bond motifs is 3. The van der Waals surface area contributed by atoms with Crippen LogP contribution in [0.15, 0.2) is 158 Å². The zero-order valence-electron chi connectivity index (χ0n) is 41.1. The number of rotatable bonds is 10. The molecule has 6 aromatic carbocycles. The zero-order valence-corrected chi connectivity index (χ0v) is 41.1. The van der Waals surface area contributed by atoms with E-state index in [1.165, 1.54) is 61.1 Å². The minimum Gasteiger partial charge on any atom is -0.457 e. The molecule has 5 nitrogen and oxygen atoms in total. The van der Waals surface area contributed by atoms with Crippen LogP contribution in [-0.2, 0) is 16.2 Å². The number of ether oxygens (including phenoxy) is 1. The highest BCUT2D eigenvalue weighted by Crippen LogP contribution is 2.44. The fraction of sp³-hybridized carbons (Fsp3) is 0.295. The minimum absolute atomic E-state index is 0.0132. The van der Waals surface area contributed by atoms with Crippen LogP contribution >= 0.6 is 0 Å². The molecule has 9 rings (SSSR count). The summed E-state index contributed by atoms with van der Waals surface area (Å²) in [7, 11) is 0. The van der Waals surface area contributed by atoms with Gasteiger partial charge in [-0.25, -0.2) is 4.98 Å². The molecule has 0 bridgehead atoms. The van der Waals surface area contributed by atoms with E-state index >= 15 is 0 Å². The van der Waals surface area contributed by atoms with Crippen molar-refractivity contribution >= 4 is 38.9 Å². The van der Waals surface area contributed by atoms with E-state index in [1.807, 2.05) is 6.20 Å². The molecule has 0 saturated carbocycles. The van der Waals surface area contributed by atoms with Gasteiger partial charge in [0.25, 0.3) is 0 Å². The molecule has 0 amide bonds. The van der Waals surface area contributed by atoms with Crippen LogP contribution in [0.4, 0.5) is 11.4 Å². The fourth-order valence-electron chi connectivity index (χ4n) is 9.64. The second-order valence-corrected chi connectivity index (χ2v) is 21.5. The smallest absolute Gasteiger partial charge is 0.137 e. The third kappa shape index (κ3) is 8.41. The molecule has 66 heavy (non-hydrogen) atoms. The Morgan fingerprint density at radius 1 is 0.515 bits per heavy atom. The first-order chi connectivity index (χ1) is 31.4. The van der Waals surface area contributed by atoms with E-state index in [4.69, 9.17) is 9.72 Å². The fourth-order valence-corrected chi connectivity index (χ4v) is 9.64. The molecule has 0 saturated heterocycles. The lowest BCUT2D eigenvalue weighted by atomic mass is 9.78. The van der Waals surface area contributed by atoms with Crippen LogP contribution in [0.3, 0.4) is 0 Å². The van der Waals surface area contributed by atoms with Crippen molar-refractivity contribution in [3.8, 4) is 17.3 Å². The molecule has 0 atom stereocenters. The lowest BCUT2D eigenvalue weighted by molar-refractivity contribution is 0.479. The van der Waals surface area contributed by atoms with E-state index < -0.39 is 0 Å². The zero-order chi connectivity index (χ0) is 46.7. The molecule has 0 aliphatic carbocycles. The van der Waals surface area contributed by atoms with Crippen molar-refractivity contribution in [3.05, 3.63) is 197 Å². The number of anilines is 2. The Morgan fingerprint density at radius 3 is 1.85 bits per heavy atom. The van der Waals surface area contributed by atoms with Gasteiger partial charge >= 0.3 is 0 Å². The summed E-state index contributed by atoms with van der Waals surface area (Å²) in [6, 6.07) is 53.2. The van der Waals surface area contributed by atoms with Crippen molar-refractivity contribution in [2.24, 2.45) is 0 Å². The summed E-state index contributed by atoms with van der Waals surface area (Å²) < 4.78 is 9.30. The highest BCUT2D eigenvalue weighted by molar-refractivity contribution is 6.09. The number of aromatic nitrogens is 2. The second kappa shape index (κ2) is 17.0. The molecule has 0 radical (unpaired) electrons. The topological polar surface area (TPSA) is 33.5 Å². The van der Waals surface area contributed by atoms with E-state index in [9.17, 15) is 0 Å². The van der Waals surface area contributed by atoms with Gasteiger partial charge in [-0.3, -0.25) is 4.57 Å². The number of benzene rings is 6. The SMILES string of the molecule is CC(C)c1cccc(C(C)C)c1C1=CN(c2cc(Oc3ccc4c5ccccc5n(-c5cc(C(C)(C)C)ccn5)c4c3)cc(C(C)(C)C)c2)CN1c1cccc(C(C)(C)c2ccccc2)c1. The molecule has 1 aliphatic rings. The summed E-state index contributed by atoms with van der Waals surface area (Å²) >= 11 is 0. The van der Waals surface area contributed by atoms with Gasteiger partial charge in [-0.1, -0.05) is 162 Å². The van der Waals surface area contributed by atoms with Gasteiger partial charge in [0.15, 0.2) is 0 Å². The summed E-state index contributed by atoms with van der Waals surface area (Å²) in [5.74, 6) is 3.17. The van der Waals surface area contributed by atoms with E-state index in [0.29, 0.717) is 18.5 Å². The summed E-state index contributed by atoms with van der Waals surface area (Å²) in [6.07, 6.45) is 4.32. The van der Waals surface area contributed by atoms with Crippen molar-refractivity contribution in [3.63, 3.8) is 0 Å². The van der Waals surface area contributed by atoms with E-state index in [0.717, 1.165) is 34.0 Å². The molecule has 0 unspecified atom stereocenters. The Bertz CT molecular complexity index is 3070. The third-order valence-corrected chi connectivity index (χ3v) is 13.7. The second-order valence-electron chi connectivity index (χ2n) is 21.5. The Labute approximate surface area is 393 Å². The molecule has 3 heterocycles. The molecule has 8 aromatic rings. The maximum absolute atomic E-state index is 7.01. The van der Waals surface area contributed by atoms with Gasteiger partial charge in [-0.05, 0) is 111 Å². The maximum Gasteiger partial charge on any atom is 0.137 e. The van der Waals surface area contributed by atoms with Gasteiger partial charge in [-0.2, -0.15) is 0 Å². The van der Waals surface area contributed by atoms with Gasteiger partial charge in [0.05, 0.1) is 23.4 Å². The molecule has 0 spiro atoms. The summed E-state index contributed by atoms with van der Waals surface area (Å²) in [6.45, 7) is 28.2. The largest absolute Gasteiger partial charge is 0.457 e. The Kier molecular flexibility index (Phi) is 11.5. The molecule has 2 aromatic heterocycles. The van der Waals surface area contributed by atoms with Crippen molar-refractivity contribution in [2.75, 3.05) is 16.5 Å². The number of hydrogen-bond donors (Lipinski definition) is 0. The third-order valence-electron chi connectivity index (χ3n) is 13.7. The molecular formula is C61H66N4O. The van der Waals surface area contributed by atoms with E-state index in [2.05, 4.69) is 249 Å². The molecule has 0 fully saturated rings. The highest BCUT2D eigenvalue weighted by Gasteiger charge is 2.32. The van der Waals surface area contributed by atoms with Gasteiger partial charge in [-0.15, -0.1) is 0 Å². The minimum atomic E-state index is -0.183. The standard InChI is InChI=1S/C61H66N4O/c1-40(2)50-25-19-26-51(41(3)4)58(50)56-38-63(39-64(56)46-23-18-22-44(32-46)61(11,12)42-20-14-13-15-21-42)47-33-45(60(8,9)10)34-49(36-47)66-48-28-29-53-52-24-16-17-27-54(52)65(55(53)37-48)57-35-43(30-31-62-57)59(5,6)7/h13-38,40-41H,39H2,1-12H3. The molecule has 336 valence electrons. The van der Waals surface area contributed by atoms with Crippen LogP contribution in [-0.4, -0.2) is 16.2 Å². The maximum atomic E-state index is 7.01. The van der Waals surface area contributed by atoms with Crippen molar-refractivity contribution in [2.45, 2.75) is 111 Å². The van der Waals surface area contributed by atoms with Crippen molar-refractivity contribution < 1.29 is 4.74 Å². The average molecular weight is 871 g/mol. The number of para-hydroxylation sites is 1. The first-order valence-corrected chi connectivity index (χ1v) is 23.8. The number of pyridine rings is 1. The van der Waals surface area contributed by atoms with Gasteiger partial charge in [0.1, 0.15) is 17.3 Å². The predicted molar refractivity (Wildman–Crippen MR) is 280 cm³/mol. The number of hydrogen-bond acceptors (Lipinski definition) is 4. The van der Waals surface area contributed by atoms with Crippen LogP contribution < -0.4 is 14.5 Å². The van der Waals surface area contributed by atoms with Crippen LogP contribution in [0.5, 0.6) is 11.5 Å². The molecule has 0 N–H and O–H groups in total. The first kappa shape index (κ1) is 44.6. The normalized spacial score (nSPS) is 13.7. The Balaban J connectivity index is 1.17. The predicted octanol–water partition coefficient (Wildman–Crippen LogP) is 16.4. The lowest BCUT2D eigenvalue weighted by Crippen LogP contribution is -2.28.